The van der Waals surface area contributed by atoms with Crippen molar-refractivity contribution < 1.29 is 14.3 Å². The van der Waals surface area contributed by atoms with E-state index in [4.69, 9.17) is 9.84 Å². The molecular formula is C32H44N4O3. The Labute approximate surface area is 233 Å². The van der Waals surface area contributed by atoms with Crippen molar-refractivity contribution in [3.63, 3.8) is 0 Å². The quantitative estimate of drug-likeness (QED) is 0.246. The number of nitrogens with one attached hydrogen (secondary N) is 1. The maximum absolute atomic E-state index is 13.4. The minimum atomic E-state index is -0.259. The summed E-state index contributed by atoms with van der Waals surface area (Å²) in [6.07, 6.45) is 6.31. The van der Waals surface area contributed by atoms with Crippen LogP contribution in [0.3, 0.4) is 0 Å². The summed E-state index contributed by atoms with van der Waals surface area (Å²) in [4.78, 5) is 28.4. The lowest BCUT2D eigenvalue weighted by Crippen LogP contribution is -2.39. The zero-order chi connectivity index (χ0) is 28.4. The van der Waals surface area contributed by atoms with Gasteiger partial charge in [-0.05, 0) is 61.2 Å². The zero-order valence-corrected chi connectivity index (χ0v) is 24.4. The summed E-state index contributed by atoms with van der Waals surface area (Å²) in [6, 6.07) is 17.2. The van der Waals surface area contributed by atoms with Gasteiger partial charge in [0.25, 0.3) is 5.91 Å². The van der Waals surface area contributed by atoms with Crippen molar-refractivity contribution >= 4 is 17.6 Å². The van der Waals surface area contributed by atoms with Crippen LogP contribution < -0.4 is 10.1 Å². The van der Waals surface area contributed by atoms with Crippen molar-refractivity contribution in [2.45, 2.75) is 78.6 Å². The van der Waals surface area contributed by atoms with E-state index in [-0.39, 0.29) is 23.8 Å². The van der Waals surface area contributed by atoms with Crippen LogP contribution in [-0.2, 0) is 16.6 Å². The maximum Gasteiger partial charge on any atom is 0.254 e. The lowest BCUT2D eigenvalue weighted by Gasteiger charge is -2.22. The number of amides is 2. The van der Waals surface area contributed by atoms with Crippen LogP contribution in [0.15, 0.2) is 54.6 Å². The molecule has 0 bridgehead atoms. The molecule has 1 aromatic heterocycles. The average molecular weight is 533 g/mol. The third kappa shape index (κ3) is 8.44. The fourth-order valence-electron chi connectivity index (χ4n) is 4.29. The van der Waals surface area contributed by atoms with Gasteiger partial charge in [0.1, 0.15) is 18.1 Å². The third-order valence-corrected chi connectivity index (χ3v) is 6.74. The van der Waals surface area contributed by atoms with E-state index >= 15 is 0 Å². The molecule has 0 aliphatic rings. The van der Waals surface area contributed by atoms with Crippen LogP contribution in [0, 0.1) is 0 Å². The zero-order valence-electron chi connectivity index (χ0n) is 24.4. The second-order valence-corrected chi connectivity index (χ2v) is 11.1. The minimum Gasteiger partial charge on any atom is -0.497 e. The molecule has 3 rings (SSSR count). The molecule has 3 aromatic rings. The van der Waals surface area contributed by atoms with Gasteiger partial charge in [0.05, 0.1) is 18.5 Å². The standard InChI is InChI=1S/C32H44N4O3/c1-7-9-11-12-24-13-15-25(16-14-24)31(38)35(21-10-8-2)23-30(37)33-29-22-28(32(3,4)5)34-36(29)26-17-19-27(39-6)20-18-26/h13-20,22H,7-12,21,23H2,1-6H3,(H,33,37). The van der Waals surface area contributed by atoms with E-state index in [1.54, 1.807) is 16.7 Å². The second-order valence-electron chi connectivity index (χ2n) is 11.1. The molecule has 2 amide bonds. The number of rotatable bonds is 13. The molecule has 7 heteroatoms. The van der Waals surface area contributed by atoms with Gasteiger partial charge in [-0.3, -0.25) is 9.59 Å². The number of carbonyl (C=O) groups excluding carboxylic acids is 2. The summed E-state index contributed by atoms with van der Waals surface area (Å²) in [7, 11) is 1.62. The molecule has 1 heterocycles. The van der Waals surface area contributed by atoms with Gasteiger partial charge < -0.3 is 15.0 Å². The molecule has 2 aromatic carbocycles. The fourth-order valence-corrected chi connectivity index (χ4v) is 4.29. The number of methoxy groups -OCH3 is 1. The van der Waals surface area contributed by atoms with Crippen LogP contribution in [0.2, 0.25) is 0 Å². The highest BCUT2D eigenvalue weighted by molar-refractivity contribution is 5.99. The molecule has 7 nitrogen and oxygen atoms in total. The van der Waals surface area contributed by atoms with Crippen LogP contribution in [0.25, 0.3) is 5.69 Å². The second kappa shape index (κ2) is 14.0. The Bertz CT molecular complexity index is 1210. The van der Waals surface area contributed by atoms with Gasteiger partial charge in [0, 0.05) is 23.6 Å². The Morgan fingerprint density at radius 1 is 0.949 bits per heavy atom. The topological polar surface area (TPSA) is 76.5 Å². The maximum atomic E-state index is 13.4. The molecule has 0 radical (unpaired) electrons. The number of hydrogen-bond acceptors (Lipinski definition) is 4. The lowest BCUT2D eigenvalue weighted by molar-refractivity contribution is -0.117. The van der Waals surface area contributed by atoms with E-state index in [0.717, 1.165) is 42.8 Å². The van der Waals surface area contributed by atoms with E-state index in [0.29, 0.717) is 17.9 Å². The molecule has 0 aliphatic heterocycles. The summed E-state index contributed by atoms with van der Waals surface area (Å²) in [6.45, 7) is 11.0. The van der Waals surface area contributed by atoms with E-state index in [1.807, 2.05) is 54.6 Å². The molecule has 0 saturated heterocycles. The van der Waals surface area contributed by atoms with E-state index in [1.165, 1.54) is 18.4 Å². The van der Waals surface area contributed by atoms with Crippen LogP contribution in [0.5, 0.6) is 5.75 Å². The van der Waals surface area contributed by atoms with Crippen LogP contribution in [0.4, 0.5) is 5.82 Å². The fraction of sp³-hybridized carbons (Fsp3) is 0.469. The van der Waals surface area contributed by atoms with Crippen molar-refractivity contribution in [3.05, 3.63) is 71.4 Å². The Morgan fingerprint density at radius 3 is 2.21 bits per heavy atom. The van der Waals surface area contributed by atoms with Gasteiger partial charge >= 0.3 is 0 Å². The third-order valence-electron chi connectivity index (χ3n) is 6.74. The van der Waals surface area contributed by atoms with Crippen LogP contribution in [0.1, 0.15) is 88.3 Å². The van der Waals surface area contributed by atoms with Gasteiger partial charge in [-0.25, -0.2) is 4.68 Å². The smallest absolute Gasteiger partial charge is 0.254 e. The Morgan fingerprint density at radius 2 is 1.62 bits per heavy atom. The summed E-state index contributed by atoms with van der Waals surface area (Å²) < 4.78 is 7.02. The molecule has 210 valence electrons. The predicted molar refractivity (Wildman–Crippen MR) is 158 cm³/mol. The molecule has 1 N–H and O–H groups in total. The number of ether oxygens (including phenoxy) is 1. The Balaban J connectivity index is 1.78. The molecule has 0 saturated carbocycles. The predicted octanol–water partition coefficient (Wildman–Crippen LogP) is 6.79. The molecule has 0 fully saturated rings. The van der Waals surface area contributed by atoms with Crippen molar-refractivity contribution in [1.29, 1.82) is 0 Å². The summed E-state index contributed by atoms with van der Waals surface area (Å²) >= 11 is 0. The first kappa shape index (κ1) is 29.9. The SMILES string of the molecule is CCCCCc1ccc(C(=O)N(CCCC)CC(=O)Nc2cc(C(C)(C)C)nn2-c2ccc(OC)cc2)cc1. The van der Waals surface area contributed by atoms with Gasteiger partial charge in [-0.1, -0.05) is 66.0 Å². The molecule has 0 unspecified atom stereocenters. The molecule has 0 atom stereocenters. The van der Waals surface area contributed by atoms with Gasteiger partial charge in [0.15, 0.2) is 0 Å². The summed E-state index contributed by atoms with van der Waals surface area (Å²) in [5.74, 6) is 0.921. The van der Waals surface area contributed by atoms with Gasteiger partial charge in [-0.2, -0.15) is 5.10 Å². The van der Waals surface area contributed by atoms with Crippen LogP contribution >= 0.6 is 0 Å². The van der Waals surface area contributed by atoms with Gasteiger partial charge in [0.2, 0.25) is 5.91 Å². The highest BCUT2D eigenvalue weighted by Crippen LogP contribution is 2.27. The first-order valence-electron chi connectivity index (χ1n) is 14.1. The Kier molecular flexibility index (Phi) is 10.7. The Hall–Kier alpha value is -3.61. The molecular weight excluding hydrogens is 488 g/mol. The molecule has 0 aliphatic carbocycles. The number of nitrogens with zero attached hydrogens (tertiary/aromatic N) is 3. The summed E-state index contributed by atoms with van der Waals surface area (Å²) in [5.41, 5.74) is 3.30. The number of hydrogen-bond donors (Lipinski definition) is 1. The summed E-state index contributed by atoms with van der Waals surface area (Å²) in [5, 5.41) is 7.80. The highest BCUT2D eigenvalue weighted by Gasteiger charge is 2.23. The highest BCUT2D eigenvalue weighted by atomic mass is 16.5. The van der Waals surface area contributed by atoms with Gasteiger partial charge in [-0.15, -0.1) is 0 Å². The normalized spacial score (nSPS) is 11.3. The number of anilines is 1. The molecule has 39 heavy (non-hydrogen) atoms. The first-order valence-corrected chi connectivity index (χ1v) is 14.1. The van der Waals surface area contributed by atoms with E-state index in [2.05, 4.69) is 39.9 Å². The number of benzene rings is 2. The number of carbonyl (C=O) groups is 2. The van der Waals surface area contributed by atoms with Crippen LogP contribution in [-0.4, -0.2) is 46.7 Å². The first-order chi connectivity index (χ1) is 18.7. The molecule has 0 spiro atoms. The number of aryl methyl sites for hydroxylation is 1. The lowest BCUT2D eigenvalue weighted by atomic mass is 9.92. The van der Waals surface area contributed by atoms with Crippen molar-refractivity contribution in [1.82, 2.24) is 14.7 Å². The van der Waals surface area contributed by atoms with Crippen molar-refractivity contribution in [3.8, 4) is 11.4 Å². The largest absolute Gasteiger partial charge is 0.497 e. The number of aromatic nitrogens is 2. The monoisotopic (exact) mass is 532 g/mol. The average Bonchev–Trinajstić information content (AvgIpc) is 3.35. The number of unbranched alkanes of at least 4 members (excludes halogenated alkanes) is 3. The van der Waals surface area contributed by atoms with Crippen molar-refractivity contribution in [2.75, 3.05) is 25.5 Å². The van der Waals surface area contributed by atoms with E-state index in [9.17, 15) is 9.59 Å². The van der Waals surface area contributed by atoms with Crippen molar-refractivity contribution in [2.24, 2.45) is 0 Å². The van der Waals surface area contributed by atoms with E-state index < -0.39 is 0 Å². The minimum absolute atomic E-state index is 0.0320.